The number of β-amino-alcohol motifs (C(OH)–C–C–N with tert-alkyl or cyclic N) is 1. The molecule has 1 N–H and O–H groups in total. The third kappa shape index (κ3) is 3.17. The fourth-order valence-electron chi connectivity index (χ4n) is 3.19. The van der Waals surface area contributed by atoms with Crippen LogP contribution in [-0.2, 0) is 9.31 Å². The molecule has 0 aliphatic carbocycles. The monoisotopic (exact) mass is 328 g/mol. The molecule has 0 bridgehead atoms. The minimum absolute atomic E-state index is 0.315. The molecule has 0 saturated carbocycles. The van der Waals surface area contributed by atoms with Crippen LogP contribution in [0.4, 0.5) is 5.69 Å². The Kier molecular flexibility index (Phi) is 4.37. The number of anilines is 1. The first-order chi connectivity index (χ1) is 11.2. The summed E-state index contributed by atoms with van der Waals surface area (Å²) in [6, 6.07) is 7.93. The smallest absolute Gasteiger partial charge is 0.399 e. The Hall–Kier alpha value is -1.55. The second-order valence-corrected chi connectivity index (χ2v) is 7.76. The van der Waals surface area contributed by atoms with Crippen LogP contribution in [0.5, 0.6) is 0 Å². The van der Waals surface area contributed by atoms with E-state index in [0.29, 0.717) is 12.1 Å². The summed E-state index contributed by atoms with van der Waals surface area (Å²) >= 11 is 0. The summed E-state index contributed by atoms with van der Waals surface area (Å²) in [5.74, 6) is 0. The molecule has 1 atom stereocenters. The molecule has 5 nitrogen and oxygen atoms in total. The number of piperidine rings is 1. The fourth-order valence-corrected chi connectivity index (χ4v) is 3.19. The highest BCUT2D eigenvalue weighted by Crippen LogP contribution is 2.36. The standard InChI is InChI=1S/C18H25BN2O3/c1-17(2)18(3,4)24-19(23-17)14-8-13(11-20)9-15(10-14)21-7-5-6-16(22)12-21/h8-10,16,22H,5-7,12H2,1-4H3. The number of rotatable bonds is 2. The summed E-state index contributed by atoms with van der Waals surface area (Å²) in [6.45, 7) is 9.55. The Morgan fingerprint density at radius 1 is 1.21 bits per heavy atom. The van der Waals surface area contributed by atoms with Gasteiger partial charge in [0.2, 0.25) is 0 Å². The van der Waals surface area contributed by atoms with E-state index in [1.54, 1.807) is 0 Å². The summed E-state index contributed by atoms with van der Waals surface area (Å²) < 4.78 is 12.2. The molecular formula is C18H25BN2O3. The van der Waals surface area contributed by atoms with E-state index in [1.807, 2.05) is 45.9 Å². The number of aliphatic hydroxyl groups excluding tert-OH is 1. The van der Waals surface area contributed by atoms with Gasteiger partial charge in [0.05, 0.1) is 28.9 Å². The molecule has 6 heteroatoms. The first-order valence-corrected chi connectivity index (χ1v) is 8.55. The largest absolute Gasteiger partial charge is 0.494 e. The van der Waals surface area contributed by atoms with E-state index in [1.165, 1.54) is 0 Å². The quantitative estimate of drug-likeness (QED) is 0.839. The first-order valence-electron chi connectivity index (χ1n) is 8.55. The molecule has 1 unspecified atom stereocenters. The molecule has 0 radical (unpaired) electrons. The number of nitrogens with zero attached hydrogens (tertiary/aromatic N) is 2. The maximum absolute atomic E-state index is 9.93. The van der Waals surface area contributed by atoms with Crippen LogP contribution in [0.1, 0.15) is 46.1 Å². The van der Waals surface area contributed by atoms with Gasteiger partial charge in [0, 0.05) is 18.8 Å². The molecule has 2 aliphatic rings. The Morgan fingerprint density at radius 2 is 1.88 bits per heavy atom. The molecular weight excluding hydrogens is 303 g/mol. The van der Waals surface area contributed by atoms with Crippen LogP contribution in [0.2, 0.25) is 0 Å². The SMILES string of the molecule is CC1(C)OB(c2cc(C#N)cc(N3CCCC(O)C3)c2)OC1(C)C. The summed E-state index contributed by atoms with van der Waals surface area (Å²) in [6.07, 6.45) is 1.47. The Labute approximate surface area is 144 Å². The first kappa shape index (κ1) is 17.3. The fraction of sp³-hybridized carbons (Fsp3) is 0.611. The summed E-state index contributed by atoms with van der Waals surface area (Å²) in [4.78, 5) is 2.13. The van der Waals surface area contributed by atoms with Gasteiger partial charge in [-0.3, -0.25) is 0 Å². The van der Waals surface area contributed by atoms with Gasteiger partial charge in [-0.15, -0.1) is 0 Å². The zero-order valence-corrected chi connectivity index (χ0v) is 14.9. The van der Waals surface area contributed by atoms with Crippen molar-refractivity contribution < 1.29 is 14.4 Å². The van der Waals surface area contributed by atoms with Crippen molar-refractivity contribution in [3.63, 3.8) is 0 Å². The van der Waals surface area contributed by atoms with Gasteiger partial charge >= 0.3 is 7.12 Å². The van der Waals surface area contributed by atoms with Gasteiger partial charge in [-0.2, -0.15) is 5.26 Å². The van der Waals surface area contributed by atoms with E-state index in [2.05, 4.69) is 11.0 Å². The van der Waals surface area contributed by atoms with E-state index in [0.717, 1.165) is 30.5 Å². The van der Waals surface area contributed by atoms with Crippen molar-refractivity contribution in [2.45, 2.75) is 57.8 Å². The van der Waals surface area contributed by atoms with E-state index >= 15 is 0 Å². The highest BCUT2D eigenvalue weighted by atomic mass is 16.7. The third-order valence-corrected chi connectivity index (χ3v) is 5.36. The molecule has 0 spiro atoms. The number of hydrogen-bond donors (Lipinski definition) is 1. The maximum Gasteiger partial charge on any atom is 0.494 e. The van der Waals surface area contributed by atoms with Crippen molar-refractivity contribution in [1.82, 2.24) is 0 Å². The van der Waals surface area contributed by atoms with Gasteiger partial charge < -0.3 is 19.3 Å². The summed E-state index contributed by atoms with van der Waals surface area (Å²) in [5.41, 5.74) is 1.54. The second-order valence-electron chi connectivity index (χ2n) is 7.76. The lowest BCUT2D eigenvalue weighted by Gasteiger charge is -2.32. The van der Waals surface area contributed by atoms with E-state index < -0.39 is 18.3 Å². The molecule has 2 aliphatic heterocycles. The van der Waals surface area contributed by atoms with Crippen molar-refractivity contribution in [2.24, 2.45) is 0 Å². The molecule has 128 valence electrons. The predicted molar refractivity (Wildman–Crippen MR) is 94.3 cm³/mol. The van der Waals surface area contributed by atoms with E-state index in [4.69, 9.17) is 9.31 Å². The number of aliphatic hydroxyl groups is 1. The molecule has 1 aromatic rings. The number of benzene rings is 1. The summed E-state index contributed by atoms with van der Waals surface area (Å²) in [5, 5.41) is 19.3. The molecule has 1 aromatic carbocycles. The normalized spacial score (nSPS) is 25.6. The van der Waals surface area contributed by atoms with Crippen molar-refractivity contribution in [3.05, 3.63) is 23.8 Å². The number of nitriles is 1. The molecule has 2 saturated heterocycles. The average molecular weight is 328 g/mol. The van der Waals surface area contributed by atoms with Crippen LogP contribution in [-0.4, -0.2) is 42.6 Å². The summed E-state index contributed by atoms with van der Waals surface area (Å²) in [7, 11) is -0.489. The lowest BCUT2D eigenvalue weighted by molar-refractivity contribution is 0.00578. The minimum atomic E-state index is -0.489. The van der Waals surface area contributed by atoms with Gasteiger partial charge in [0.15, 0.2) is 0 Å². The molecule has 3 rings (SSSR count). The second kappa shape index (κ2) is 6.07. The number of hydrogen-bond acceptors (Lipinski definition) is 5. The highest BCUT2D eigenvalue weighted by Gasteiger charge is 2.51. The Bertz CT molecular complexity index is 653. The molecule has 2 heterocycles. The van der Waals surface area contributed by atoms with Crippen LogP contribution in [0.25, 0.3) is 0 Å². The zero-order valence-electron chi connectivity index (χ0n) is 14.9. The van der Waals surface area contributed by atoms with Gasteiger partial charge in [-0.25, -0.2) is 0 Å². The average Bonchev–Trinajstić information content (AvgIpc) is 2.75. The van der Waals surface area contributed by atoms with Crippen LogP contribution in [0, 0.1) is 11.3 Å². The highest BCUT2D eigenvalue weighted by molar-refractivity contribution is 6.62. The predicted octanol–water partition coefficient (Wildman–Crippen LogP) is 1.82. The maximum atomic E-state index is 9.93. The molecule has 24 heavy (non-hydrogen) atoms. The minimum Gasteiger partial charge on any atom is -0.399 e. The van der Waals surface area contributed by atoms with Gasteiger partial charge in [0.1, 0.15) is 0 Å². The van der Waals surface area contributed by atoms with Crippen LogP contribution in [0.15, 0.2) is 18.2 Å². The lowest BCUT2D eigenvalue weighted by Crippen LogP contribution is -2.41. The molecule has 0 amide bonds. The van der Waals surface area contributed by atoms with Crippen molar-refractivity contribution in [3.8, 4) is 6.07 Å². The molecule has 2 fully saturated rings. The Balaban J connectivity index is 1.92. The van der Waals surface area contributed by atoms with Crippen molar-refractivity contribution in [1.29, 1.82) is 5.26 Å². The van der Waals surface area contributed by atoms with Gasteiger partial charge in [-0.05, 0) is 64.2 Å². The topological polar surface area (TPSA) is 65.7 Å². The van der Waals surface area contributed by atoms with Crippen LogP contribution < -0.4 is 10.4 Å². The zero-order chi connectivity index (χ0) is 17.5. The van der Waals surface area contributed by atoms with E-state index in [9.17, 15) is 10.4 Å². The lowest BCUT2D eigenvalue weighted by atomic mass is 9.78. The van der Waals surface area contributed by atoms with Crippen molar-refractivity contribution >= 4 is 18.3 Å². The Morgan fingerprint density at radius 3 is 2.46 bits per heavy atom. The molecule has 0 aromatic heterocycles. The van der Waals surface area contributed by atoms with Gasteiger partial charge in [0.25, 0.3) is 0 Å². The van der Waals surface area contributed by atoms with E-state index in [-0.39, 0.29) is 6.10 Å². The van der Waals surface area contributed by atoms with Crippen molar-refractivity contribution in [2.75, 3.05) is 18.0 Å². The van der Waals surface area contributed by atoms with Gasteiger partial charge in [-0.1, -0.05) is 0 Å². The van der Waals surface area contributed by atoms with Crippen LogP contribution in [0.3, 0.4) is 0 Å². The van der Waals surface area contributed by atoms with Crippen LogP contribution >= 0.6 is 0 Å². The third-order valence-electron chi connectivity index (χ3n) is 5.36.